The number of nitrogens with zero attached hydrogens (tertiary/aromatic N) is 2. The molecule has 4 nitrogen and oxygen atoms in total. The van der Waals surface area contributed by atoms with Gasteiger partial charge in [0.15, 0.2) is 5.96 Å². The summed E-state index contributed by atoms with van der Waals surface area (Å²) in [7, 11) is 4.03. The maximum absolute atomic E-state index is 5.43. The zero-order valence-electron chi connectivity index (χ0n) is 13.7. The van der Waals surface area contributed by atoms with Gasteiger partial charge in [-0.1, -0.05) is 12.2 Å². The van der Waals surface area contributed by atoms with Crippen LogP contribution in [0.25, 0.3) is 0 Å². The smallest absolute Gasteiger partial charge is 0.193 e. The SMILES string of the molecule is CN=C(NCC1CC=CCC1)N(C)CCC1CCOCC1. The molecule has 1 saturated heterocycles. The van der Waals surface area contributed by atoms with Gasteiger partial charge in [-0.15, -0.1) is 0 Å². The summed E-state index contributed by atoms with van der Waals surface area (Å²) in [6.07, 6.45) is 12.0. The molecule has 21 heavy (non-hydrogen) atoms. The van der Waals surface area contributed by atoms with Gasteiger partial charge in [-0.05, 0) is 50.4 Å². The Bertz CT molecular complexity index is 348. The number of nitrogens with one attached hydrogen (secondary N) is 1. The molecule has 2 aliphatic rings. The topological polar surface area (TPSA) is 36.9 Å². The first-order chi connectivity index (χ1) is 10.3. The Kier molecular flexibility index (Phi) is 7.07. The normalized spacial score (nSPS) is 24.1. The maximum atomic E-state index is 5.43. The van der Waals surface area contributed by atoms with Crippen molar-refractivity contribution >= 4 is 5.96 Å². The van der Waals surface area contributed by atoms with Crippen LogP contribution in [0, 0.1) is 11.8 Å². The first kappa shape index (κ1) is 16.3. The molecule has 2 rings (SSSR count). The number of hydrogen-bond donors (Lipinski definition) is 1. The van der Waals surface area contributed by atoms with E-state index in [2.05, 4.69) is 34.4 Å². The Labute approximate surface area is 129 Å². The van der Waals surface area contributed by atoms with Crippen molar-refractivity contribution in [2.75, 3.05) is 40.4 Å². The van der Waals surface area contributed by atoms with E-state index in [-0.39, 0.29) is 0 Å². The average Bonchev–Trinajstić information content (AvgIpc) is 2.55. The molecule has 0 aromatic carbocycles. The van der Waals surface area contributed by atoms with Crippen LogP contribution in [0.1, 0.15) is 38.5 Å². The second kappa shape index (κ2) is 9.08. The summed E-state index contributed by atoms with van der Waals surface area (Å²) in [5, 5.41) is 3.54. The second-order valence-electron chi connectivity index (χ2n) is 6.34. The molecule has 0 radical (unpaired) electrons. The summed E-state index contributed by atoms with van der Waals surface area (Å²) in [6, 6.07) is 0. The average molecular weight is 293 g/mol. The van der Waals surface area contributed by atoms with Crippen molar-refractivity contribution in [2.45, 2.75) is 38.5 Å². The van der Waals surface area contributed by atoms with Crippen LogP contribution in [0.5, 0.6) is 0 Å². The van der Waals surface area contributed by atoms with Crippen LogP contribution < -0.4 is 5.32 Å². The van der Waals surface area contributed by atoms with Gasteiger partial charge in [-0.2, -0.15) is 0 Å². The van der Waals surface area contributed by atoms with E-state index in [0.717, 1.165) is 44.1 Å². The highest BCUT2D eigenvalue weighted by atomic mass is 16.5. The summed E-state index contributed by atoms with van der Waals surface area (Å²) in [6.45, 7) is 4.00. The van der Waals surface area contributed by atoms with E-state index in [1.807, 2.05) is 7.05 Å². The lowest BCUT2D eigenvalue weighted by atomic mass is 9.94. The van der Waals surface area contributed by atoms with Gasteiger partial charge in [0, 0.05) is 40.4 Å². The van der Waals surface area contributed by atoms with Crippen LogP contribution in [0.15, 0.2) is 17.1 Å². The molecule has 0 amide bonds. The lowest BCUT2D eigenvalue weighted by molar-refractivity contribution is 0.0625. The van der Waals surface area contributed by atoms with Crippen molar-refractivity contribution in [2.24, 2.45) is 16.8 Å². The predicted molar refractivity (Wildman–Crippen MR) is 88.6 cm³/mol. The van der Waals surface area contributed by atoms with E-state index in [0.29, 0.717) is 0 Å². The van der Waals surface area contributed by atoms with Crippen LogP contribution in [0.2, 0.25) is 0 Å². The Hall–Kier alpha value is -1.03. The standard InChI is InChI=1S/C17H31N3O/c1-18-17(19-14-16-6-4-3-5-7-16)20(2)11-8-15-9-12-21-13-10-15/h3-4,15-16H,5-14H2,1-2H3,(H,18,19). The van der Waals surface area contributed by atoms with Crippen LogP contribution >= 0.6 is 0 Å². The highest BCUT2D eigenvalue weighted by Gasteiger charge is 2.16. The molecular formula is C17H31N3O. The molecule has 1 aliphatic carbocycles. The van der Waals surface area contributed by atoms with E-state index in [1.54, 1.807) is 0 Å². The molecule has 1 aliphatic heterocycles. The predicted octanol–water partition coefficient (Wildman–Crippen LogP) is 2.67. The summed E-state index contributed by atoms with van der Waals surface area (Å²) in [5.74, 6) is 2.62. The van der Waals surface area contributed by atoms with Crippen molar-refractivity contribution in [3.63, 3.8) is 0 Å². The third kappa shape index (κ3) is 5.70. The summed E-state index contributed by atoms with van der Waals surface area (Å²) >= 11 is 0. The summed E-state index contributed by atoms with van der Waals surface area (Å²) in [4.78, 5) is 6.70. The van der Waals surface area contributed by atoms with Gasteiger partial charge in [-0.25, -0.2) is 0 Å². The zero-order valence-corrected chi connectivity index (χ0v) is 13.7. The number of guanidine groups is 1. The van der Waals surface area contributed by atoms with E-state index in [4.69, 9.17) is 4.74 Å². The molecule has 4 heteroatoms. The van der Waals surface area contributed by atoms with Crippen LogP contribution in [0.3, 0.4) is 0 Å². The number of aliphatic imine (C=N–C) groups is 1. The van der Waals surface area contributed by atoms with Crippen LogP contribution in [-0.4, -0.2) is 51.3 Å². The van der Waals surface area contributed by atoms with Crippen molar-refractivity contribution in [3.05, 3.63) is 12.2 Å². The molecular weight excluding hydrogens is 262 g/mol. The second-order valence-corrected chi connectivity index (χ2v) is 6.34. The van der Waals surface area contributed by atoms with Gasteiger partial charge in [0.1, 0.15) is 0 Å². The van der Waals surface area contributed by atoms with Gasteiger partial charge in [-0.3, -0.25) is 4.99 Å². The molecule has 0 bridgehead atoms. The Morgan fingerprint density at radius 1 is 1.24 bits per heavy atom. The van der Waals surface area contributed by atoms with E-state index >= 15 is 0 Å². The first-order valence-electron chi connectivity index (χ1n) is 8.44. The minimum absolute atomic E-state index is 0.760. The molecule has 1 heterocycles. The van der Waals surface area contributed by atoms with Crippen LogP contribution in [0.4, 0.5) is 0 Å². The quantitative estimate of drug-likeness (QED) is 0.481. The zero-order chi connectivity index (χ0) is 14.9. The van der Waals surface area contributed by atoms with Gasteiger partial charge in [0.25, 0.3) is 0 Å². The fourth-order valence-corrected chi connectivity index (χ4v) is 3.18. The monoisotopic (exact) mass is 293 g/mol. The maximum Gasteiger partial charge on any atom is 0.193 e. The molecule has 1 atom stereocenters. The van der Waals surface area contributed by atoms with Crippen LogP contribution in [-0.2, 0) is 4.74 Å². The molecule has 1 unspecified atom stereocenters. The molecule has 1 N–H and O–H groups in total. The third-order valence-electron chi connectivity index (χ3n) is 4.71. The molecule has 0 saturated carbocycles. The van der Waals surface area contributed by atoms with Crippen molar-refractivity contribution in [1.29, 1.82) is 0 Å². The fraction of sp³-hybridized carbons (Fsp3) is 0.824. The van der Waals surface area contributed by atoms with Gasteiger partial charge in [0.2, 0.25) is 0 Å². The van der Waals surface area contributed by atoms with Crippen molar-refractivity contribution in [3.8, 4) is 0 Å². The highest BCUT2D eigenvalue weighted by Crippen LogP contribution is 2.19. The van der Waals surface area contributed by atoms with E-state index in [1.165, 1.54) is 38.5 Å². The number of ether oxygens (including phenoxy) is 1. The van der Waals surface area contributed by atoms with Gasteiger partial charge in [0.05, 0.1) is 0 Å². The number of allylic oxidation sites excluding steroid dienone is 2. The van der Waals surface area contributed by atoms with Crippen molar-refractivity contribution < 1.29 is 4.74 Å². The number of hydrogen-bond acceptors (Lipinski definition) is 2. The van der Waals surface area contributed by atoms with E-state index in [9.17, 15) is 0 Å². The fourth-order valence-electron chi connectivity index (χ4n) is 3.18. The van der Waals surface area contributed by atoms with Gasteiger partial charge >= 0.3 is 0 Å². The van der Waals surface area contributed by atoms with Crippen molar-refractivity contribution in [1.82, 2.24) is 10.2 Å². The third-order valence-corrected chi connectivity index (χ3v) is 4.71. The lowest BCUT2D eigenvalue weighted by Crippen LogP contribution is -2.42. The molecule has 120 valence electrons. The largest absolute Gasteiger partial charge is 0.381 e. The molecule has 0 aromatic heterocycles. The molecule has 1 fully saturated rings. The lowest BCUT2D eigenvalue weighted by Gasteiger charge is -2.28. The Morgan fingerprint density at radius 3 is 2.71 bits per heavy atom. The minimum atomic E-state index is 0.760. The minimum Gasteiger partial charge on any atom is -0.381 e. The number of rotatable bonds is 5. The Morgan fingerprint density at radius 2 is 2.05 bits per heavy atom. The summed E-state index contributed by atoms with van der Waals surface area (Å²) < 4.78 is 5.43. The summed E-state index contributed by atoms with van der Waals surface area (Å²) in [5.41, 5.74) is 0. The molecule has 0 spiro atoms. The van der Waals surface area contributed by atoms with Gasteiger partial charge < -0.3 is 15.0 Å². The van der Waals surface area contributed by atoms with E-state index < -0.39 is 0 Å². The highest BCUT2D eigenvalue weighted by molar-refractivity contribution is 5.79. The first-order valence-corrected chi connectivity index (χ1v) is 8.44. The Balaban J connectivity index is 1.68. The molecule has 0 aromatic rings.